The maximum absolute atomic E-state index is 11.4. The number of benzene rings is 2. The first-order valence-corrected chi connectivity index (χ1v) is 12.9. The van der Waals surface area contributed by atoms with Gasteiger partial charge in [-0.3, -0.25) is 4.79 Å². The molecule has 9 heteroatoms. The number of thioether (sulfide) groups is 1. The van der Waals surface area contributed by atoms with Gasteiger partial charge in [0.15, 0.2) is 0 Å². The van der Waals surface area contributed by atoms with Gasteiger partial charge in [0, 0.05) is 17.0 Å². The maximum atomic E-state index is 11.4. The molecule has 0 aliphatic carbocycles. The molecule has 3 aromatic rings. The van der Waals surface area contributed by atoms with Crippen LogP contribution in [-0.2, 0) is 20.9 Å². The number of allylic oxidation sites excluding steroid dienone is 2. The first-order chi connectivity index (χ1) is 17.5. The Morgan fingerprint density at radius 1 is 1.00 bits per heavy atom. The molecule has 0 saturated heterocycles. The van der Waals surface area contributed by atoms with Crippen molar-refractivity contribution in [3.05, 3.63) is 94.0 Å². The number of carboxylic acid groups (broad SMARTS) is 2. The average Bonchev–Trinajstić information content (AvgIpc) is 3.39. The molecule has 0 atom stereocenters. The molecule has 5 rings (SSSR count). The number of carboxylic acids is 2. The Labute approximate surface area is 215 Å². The lowest BCUT2D eigenvalue weighted by molar-refractivity contribution is -0.657. The van der Waals surface area contributed by atoms with Gasteiger partial charge in [-0.05, 0) is 41.5 Å². The number of para-hydroxylation sites is 2. The van der Waals surface area contributed by atoms with Crippen LogP contribution in [-0.4, -0.2) is 41.9 Å². The molecule has 0 unspecified atom stereocenters. The zero-order chi connectivity index (χ0) is 25.1. The molecule has 2 aliphatic heterocycles. The van der Waals surface area contributed by atoms with Gasteiger partial charge in [0.25, 0.3) is 5.01 Å². The molecule has 0 fully saturated rings. The predicted octanol–water partition coefficient (Wildman–Crippen LogP) is 4.71. The molecule has 0 radical (unpaired) electrons. The highest BCUT2D eigenvalue weighted by Gasteiger charge is 2.26. The highest BCUT2D eigenvalue weighted by molar-refractivity contribution is 8.03. The van der Waals surface area contributed by atoms with Crippen LogP contribution in [0.4, 0.5) is 5.69 Å². The van der Waals surface area contributed by atoms with Crippen LogP contribution in [0.2, 0.25) is 0 Å². The van der Waals surface area contributed by atoms with E-state index in [-0.39, 0.29) is 13.1 Å². The Balaban J connectivity index is 1.39. The Morgan fingerprint density at radius 2 is 1.81 bits per heavy atom. The zero-order valence-corrected chi connectivity index (χ0v) is 20.8. The summed E-state index contributed by atoms with van der Waals surface area (Å²) in [6, 6.07) is 15.5. The van der Waals surface area contributed by atoms with Gasteiger partial charge in [-0.1, -0.05) is 59.5 Å². The van der Waals surface area contributed by atoms with Crippen molar-refractivity contribution in [2.24, 2.45) is 0 Å². The molecule has 3 heterocycles. The second kappa shape index (κ2) is 10.5. The number of anilines is 1. The molecule has 1 aromatic heterocycles. The van der Waals surface area contributed by atoms with Crippen molar-refractivity contribution < 1.29 is 29.1 Å². The van der Waals surface area contributed by atoms with E-state index >= 15 is 0 Å². The second-order valence-electron chi connectivity index (χ2n) is 8.23. The number of hydrogen-bond donors (Lipinski definition) is 2. The number of aliphatic carboxylic acids is 2. The Hall–Kier alpha value is -3.66. The fraction of sp³-hybridized carbons (Fsp3) is 0.148. The molecule has 2 aliphatic rings. The van der Waals surface area contributed by atoms with E-state index in [2.05, 4.69) is 6.08 Å². The third kappa shape index (κ3) is 5.28. The van der Waals surface area contributed by atoms with Crippen LogP contribution in [0.3, 0.4) is 0 Å². The normalized spacial score (nSPS) is 17.8. The Kier molecular flexibility index (Phi) is 7.04. The summed E-state index contributed by atoms with van der Waals surface area (Å²) in [4.78, 5) is 25.7. The smallest absolute Gasteiger partial charge is 0.370 e. The molecule has 2 N–H and O–H groups in total. The molecule has 0 saturated carbocycles. The van der Waals surface area contributed by atoms with Crippen LogP contribution in [0.25, 0.3) is 16.3 Å². The standard InChI is InChI=1S/C27H22N2O5S2/c30-26(31)14-28-20-5-1-3-7-22(20)35-24(28)11-9-18-13-19(17-34-16-18)10-12-25-29(15-27(32)33)21-6-2-4-8-23(21)36-25/h1-13H,14-17H2,(H-,30,31,32,33)/p+1. The van der Waals surface area contributed by atoms with Crippen LogP contribution in [0, 0.1) is 0 Å². The van der Waals surface area contributed by atoms with Crippen molar-refractivity contribution in [3.8, 4) is 0 Å². The van der Waals surface area contributed by atoms with Crippen LogP contribution in [0.15, 0.2) is 93.9 Å². The number of fused-ring (bicyclic) bond motifs is 2. The molecule has 182 valence electrons. The van der Waals surface area contributed by atoms with Crippen LogP contribution >= 0.6 is 23.1 Å². The van der Waals surface area contributed by atoms with Gasteiger partial charge in [-0.15, -0.1) is 0 Å². The largest absolute Gasteiger partial charge is 0.480 e. The van der Waals surface area contributed by atoms with E-state index in [0.29, 0.717) is 13.2 Å². The number of rotatable bonds is 7. The molecule has 0 amide bonds. The van der Waals surface area contributed by atoms with Gasteiger partial charge in [0.2, 0.25) is 12.1 Å². The van der Waals surface area contributed by atoms with E-state index in [1.54, 1.807) is 32.6 Å². The zero-order valence-electron chi connectivity index (χ0n) is 19.2. The van der Waals surface area contributed by atoms with Crippen molar-refractivity contribution in [2.75, 3.05) is 24.7 Å². The van der Waals surface area contributed by atoms with Crippen molar-refractivity contribution in [2.45, 2.75) is 11.4 Å². The number of ether oxygens (including phenoxy) is 1. The molecular weight excluding hydrogens is 496 g/mol. The van der Waals surface area contributed by atoms with E-state index < -0.39 is 11.9 Å². The lowest BCUT2D eigenvalue weighted by Gasteiger charge is -2.18. The monoisotopic (exact) mass is 519 g/mol. The van der Waals surface area contributed by atoms with Crippen molar-refractivity contribution in [1.82, 2.24) is 0 Å². The third-order valence-corrected chi connectivity index (χ3v) is 7.91. The van der Waals surface area contributed by atoms with Gasteiger partial charge in [0.1, 0.15) is 11.2 Å². The summed E-state index contributed by atoms with van der Waals surface area (Å²) in [6.45, 7) is 0.703. The number of thiazole rings is 1. The van der Waals surface area contributed by atoms with Gasteiger partial charge >= 0.3 is 11.9 Å². The second-order valence-corrected chi connectivity index (χ2v) is 10.4. The van der Waals surface area contributed by atoms with Gasteiger partial charge < -0.3 is 19.8 Å². The lowest BCUT2D eigenvalue weighted by atomic mass is 10.1. The summed E-state index contributed by atoms with van der Waals surface area (Å²) in [5, 5.41) is 20.4. The molecule has 36 heavy (non-hydrogen) atoms. The number of carbonyl (C=O) groups is 2. The minimum atomic E-state index is -0.888. The molecule has 7 nitrogen and oxygen atoms in total. The summed E-state index contributed by atoms with van der Waals surface area (Å²) < 4.78 is 8.61. The quantitative estimate of drug-likeness (QED) is 0.437. The van der Waals surface area contributed by atoms with Crippen molar-refractivity contribution >= 4 is 57.0 Å². The van der Waals surface area contributed by atoms with E-state index in [9.17, 15) is 19.8 Å². The SMILES string of the molecule is O=C(O)CN1C(=CC=C2C=C(C=Cc3sc4ccccc4[n+]3CC(=O)O)COC2)Sc2ccccc21. The minimum absolute atomic E-state index is 0.106. The highest BCUT2D eigenvalue weighted by atomic mass is 32.2. The Bertz CT molecular complexity index is 1470. The minimum Gasteiger partial charge on any atom is -0.480 e. The van der Waals surface area contributed by atoms with Gasteiger partial charge in [0.05, 0.1) is 23.9 Å². The third-order valence-electron chi connectivity index (χ3n) is 5.65. The fourth-order valence-electron chi connectivity index (χ4n) is 4.11. The number of hydrogen-bond acceptors (Lipinski definition) is 6. The fourth-order valence-corrected chi connectivity index (χ4v) is 6.24. The highest BCUT2D eigenvalue weighted by Crippen LogP contribution is 2.45. The van der Waals surface area contributed by atoms with Crippen molar-refractivity contribution in [1.29, 1.82) is 0 Å². The summed E-state index contributed by atoms with van der Waals surface area (Å²) in [5.41, 5.74) is 3.73. The summed E-state index contributed by atoms with van der Waals surface area (Å²) >= 11 is 3.09. The summed E-state index contributed by atoms with van der Waals surface area (Å²) in [7, 11) is 0. The topological polar surface area (TPSA) is 91.0 Å². The number of nitrogens with zero attached hydrogens (tertiary/aromatic N) is 2. The number of aromatic nitrogens is 1. The lowest BCUT2D eigenvalue weighted by Crippen LogP contribution is -2.39. The van der Waals surface area contributed by atoms with Crippen LogP contribution in [0.1, 0.15) is 5.01 Å². The maximum Gasteiger partial charge on any atom is 0.370 e. The van der Waals surface area contributed by atoms with Crippen LogP contribution in [0.5, 0.6) is 0 Å². The van der Waals surface area contributed by atoms with E-state index in [0.717, 1.165) is 42.0 Å². The molecule has 2 aromatic carbocycles. The first-order valence-electron chi connectivity index (χ1n) is 11.2. The first kappa shape index (κ1) is 24.1. The molecular formula is C27H23N2O5S2+. The van der Waals surface area contributed by atoms with E-state index in [4.69, 9.17) is 4.74 Å². The average molecular weight is 520 g/mol. The predicted molar refractivity (Wildman–Crippen MR) is 141 cm³/mol. The van der Waals surface area contributed by atoms with Gasteiger partial charge in [-0.25, -0.2) is 4.79 Å². The van der Waals surface area contributed by atoms with Gasteiger partial charge in [-0.2, -0.15) is 4.57 Å². The van der Waals surface area contributed by atoms with E-state index in [1.165, 1.54) is 0 Å². The Morgan fingerprint density at radius 3 is 2.64 bits per heavy atom. The summed E-state index contributed by atoms with van der Waals surface area (Å²) in [5.74, 6) is -1.78. The molecule has 0 spiro atoms. The van der Waals surface area contributed by atoms with Crippen LogP contribution < -0.4 is 9.47 Å². The summed E-state index contributed by atoms with van der Waals surface area (Å²) in [6.07, 6.45) is 9.84. The van der Waals surface area contributed by atoms with E-state index in [1.807, 2.05) is 72.8 Å². The van der Waals surface area contributed by atoms with Crippen molar-refractivity contribution in [3.63, 3.8) is 0 Å². The molecule has 0 bridgehead atoms.